The molecule has 1 atom stereocenters. The molecule has 6 heteroatoms. The first-order valence-electron chi connectivity index (χ1n) is 5.79. The van der Waals surface area contributed by atoms with Crippen LogP contribution in [0.25, 0.3) is 0 Å². The molecule has 0 aromatic heterocycles. The fraction of sp³-hybridized carbons (Fsp3) is 0.500. The maximum Gasteiger partial charge on any atom is 0.214 e. The molecule has 0 aliphatic rings. The molecule has 1 aromatic rings. The molecule has 2 N–H and O–H groups in total. The number of benzene rings is 1. The van der Waals surface area contributed by atoms with Crippen LogP contribution in [-0.4, -0.2) is 32.1 Å². The first-order valence-corrected chi connectivity index (χ1v) is 7.78. The van der Waals surface area contributed by atoms with Gasteiger partial charge in [0.05, 0.1) is 5.75 Å². The van der Waals surface area contributed by atoms with Crippen LogP contribution in [-0.2, 0) is 10.0 Å². The standard InChI is InChI=1S/C12H19ClN2O2S/c1-10(11-4-6-12(13)7-5-11)15(2)18(16,17)9-3-8-14/h4-7,10H,3,8-9,14H2,1-2H3. The van der Waals surface area contributed by atoms with Crippen molar-refractivity contribution in [2.24, 2.45) is 5.73 Å². The number of nitrogens with zero attached hydrogens (tertiary/aromatic N) is 1. The van der Waals surface area contributed by atoms with E-state index in [9.17, 15) is 8.42 Å². The highest BCUT2D eigenvalue weighted by atomic mass is 35.5. The van der Waals surface area contributed by atoms with Crippen molar-refractivity contribution >= 4 is 21.6 Å². The monoisotopic (exact) mass is 290 g/mol. The summed E-state index contributed by atoms with van der Waals surface area (Å²) in [6, 6.07) is 6.97. The van der Waals surface area contributed by atoms with E-state index in [1.54, 1.807) is 19.2 Å². The summed E-state index contributed by atoms with van der Waals surface area (Å²) in [7, 11) is -1.67. The summed E-state index contributed by atoms with van der Waals surface area (Å²) in [5.74, 6) is 0.0813. The summed E-state index contributed by atoms with van der Waals surface area (Å²) < 4.78 is 25.4. The molecule has 0 saturated heterocycles. The first kappa shape index (κ1) is 15.4. The van der Waals surface area contributed by atoms with E-state index in [0.29, 0.717) is 18.0 Å². The summed E-state index contributed by atoms with van der Waals surface area (Å²) >= 11 is 5.81. The van der Waals surface area contributed by atoms with Gasteiger partial charge < -0.3 is 5.73 Å². The molecule has 0 radical (unpaired) electrons. The molecular weight excluding hydrogens is 272 g/mol. The number of halogens is 1. The third kappa shape index (κ3) is 3.95. The molecule has 102 valence electrons. The SMILES string of the molecule is CC(c1ccc(Cl)cc1)N(C)S(=O)(=O)CCCN. The Balaban J connectivity index is 2.83. The molecule has 0 spiro atoms. The summed E-state index contributed by atoms with van der Waals surface area (Å²) in [5, 5.41) is 0.639. The van der Waals surface area contributed by atoms with Gasteiger partial charge in [-0.15, -0.1) is 0 Å². The van der Waals surface area contributed by atoms with E-state index < -0.39 is 10.0 Å². The lowest BCUT2D eigenvalue weighted by Crippen LogP contribution is -2.32. The molecule has 1 rings (SSSR count). The van der Waals surface area contributed by atoms with Crippen molar-refractivity contribution < 1.29 is 8.42 Å². The third-order valence-corrected chi connectivity index (χ3v) is 5.19. The van der Waals surface area contributed by atoms with Gasteiger partial charge in [-0.3, -0.25) is 0 Å². The van der Waals surface area contributed by atoms with Gasteiger partial charge in [-0.25, -0.2) is 8.42 Å². The zero-order valence-electron chi connectivity index (χ0n) is 10.6. The van der Waals surface area contributed by atoms with Gasteiger partial charge >= 0.3 is 0 Å². The summed E-state index contributed by atoms with van der Waals surface area (Å²) in [6.45, 7) is 2.23. The number of hydrogen-bond donors (Lipinski definition) is 1. The maximum absolute atomic E-state index is 12.0. The van der Waals surface area contributed by atoms with Crippen LogP contribution in [0.3, 0.4) is 0 Å². The average Bonchev–Trinajstić information content (AvgIpc) is 2.35. The van der Waals surface area contributed by atoms with Crippen LogP contribution in [0.1, 0.15) is 24.9 Å². The van der Waals surface area contributed by atoms with Gasteiger partial charge in [0.25, 0.3) is 0 Å². The zero-order chi connectivity index (χ0) is 13.8. The second-order valence-electron chi connectivity index (χ2n) is 4.20. The predicted molar refractivity (Wildman–Crippen MR) is 75.1 cm³/mol. The fourth-order valence-electron chi connectivity index (χ4n) is 1.60. The minimum atomic E-state index is -3.26. The van der Waals surface area contributed by atoms with Crippen LogP contribution >= 0.6 is 11.6 Å². The van der Waals surface area contributed by atoms with Gasteiger partial charge in [0.2, 0.25) is 10.0 Å². The highest BCUT2D eigenvalue weighted by molar-refractivity contribution is 7.89. The molecule has 0 saturated carbocycles. The van der Waals surface area contributed by atoms with Gasteiger partial charge in [-0.1, -0.05) is 23.7 Å². The van der Waals surface area contributed by atoms with E-state index in [2.05, 4.69) is 0 Å². The largest absolute Gasteiger partial charge is 0.330 e. The number of rotatable bonds is 6. The first-order chi connectivity index (χ1) is 8.38. The van der Waals surface area contributed by atoms with Gasteiger partial charge in [0, 0.05) is 18.1 Å². The van der Waals surface area contributed by atoms with Gasteiger partial charge in [-0.2, -0.15) is 4.31 Å². The number of hydrogen-bond acceptors (Lipinski definition) is 3. The van der Waals surface area contributed by atoms with E-state index in [1.807, 2.05) is 19.1 Å². The molecular formula is C12H19ClN2O2S. The molecule has 0 aliphatic carbocycles. The third-order valence-electron chi connectivity index (χ3n) is 2.94. The topological polar surface area (TPSA) is 63.4 Å². The molecule has 0 bridgehead atoms. The highest BCUT2D eigenvalue weighted by Gasteiger charge is 2.23. The maximum atomic E-state index is 12.0. The highest BCUT2D eigenvalue weighted by Crippen LogP contribution is 2.23. The van der Waals surface area contributed by atoms with Crippen molar-refractivity contribution in [3.05, 3.63) is 34.9 Å². The van der Waals surface area contributed by atoms with E-state index in [4.69, 9.17) is 17.3 Å². The predicted octanol–water partition coefficient (Wildman–Crippen LogP) is 2.01. The zero-order valence-corrected chi connectivity index (χ0v) is 12.2. The Kier molecular flexibility index (Phi) is 5.59. The quantitative estimate of drug-likeness (QED) is 0.872. The van der Waals surface area contributed by atoms with Crippen molar-refractivity contribution in [1.29, 1.82) is 0 Å². The van der Waals surface area contributed by atoms with Gasteiger partial charge in [-0.05, 0) is 37.6 Å². The Labute approximate surface area is 114 Å². The Morgan fingerprint density at radius 3 is 2.39 bits per heavy atom. The lowest BCUT2D eigenvalue weighted by Gasteiger charge is -2.24. The van der Waals surface area contributed by atoms with Crippen LogP contribution in [0.5, 0.6) is 0 Å². The van der Waals surface area contributed by atoms with Crippen LogP contribution in [0.15, 0.2) is 24.3 Å². The fourth-order valence-corrected chi connectivity index (χ4v) is 3.15. The van der Waals surface area contributed by atoms with Crippen LogP contribution in [0, 0.1) is 0 Å². The lowest BCUT2D eigenvalue weighted by atomic mass is 10.1. The average molecular weight is 291 g/mol. The van der Waals surface area contributed by atoms with Crippen LogP contribution < -0.4 is 5.73 Å². The van der Waals surface area contributed by atoms with E-state index in [0.717, 1.165) is 5.56 Å². The Morgan fingerprint density at radius 1 is 1.33 bits per heavy atom. The molecule has 0 aliphatic heterocycles. The van der Waals surface area contributed by atoms with E-state index >= 15 is 0 Å². The second-order valence-corrected chi connectivity index (χ2v) is 6.79. The van der Waals surface area contributed by atoms with E-state index in [1.165, 1.54) is 4.31 Å². The molecule has 1 unspecified atom stereocenters. The summed E-state index contributed by atoms with van der Waals surface area (Å²) in [6.07, 6.45) is 0.472. The minimum Gasteiger partial charge on any atom is -0.330 e. The Morgan fingerprint density at radius 2 is 1.89 bits per heavy atom. The van der Waals surface area contributed by atoms with Crippen molar-refractivity contribution in [3.8, 4) is 0 Å². The molecule has 0 fully saturated rings. The molecule has 0 amide bonds. The summed E-state index contributed by atoms with van der Waals surface area (Å²) in [4.78, 5) is 0. The molecule has 4 nitrogen and oxygen atoms in total. The van der Waals surface area contributed by atoms with Crippen LogP contribution in [0.2, 0.25) is 5.02 Å². The molecule has 18 heavy (non-hydrogen) atoms. The molecule has 0 heterocycles. The van der Waals surface area contributed by atoms with E-state index in [-0.39, 0.29) is 11.8 Å². The van der Waals surface area contributed by atoms with Crippen molar-refractivity contribution in [3.63, 3.8) is 0 Å². The van der Waals surface area contributed by atoms with Gasteiger partial charge in [0.15, 0.2) is 0 Å². The molecule has 1 aromatic carbocycles. The summed E-state index contributed by atoms with van der Waals surface area (Å²) in [5.41, 5.74) is 6.26. The second kappa shape index (κ2) is 6.52. The normalized spacial score (nSPS) is 13.8. The lowest BCUT2D eigenvalue weighted by molar-refractivity contribution is 0.398. The van der Waals surface area contributed by atoms with Crippen molar-refractivity contribution in [2.75, 3.05) is 19.3 Å². The Bertz CT molecular complexity index is 473. The van der Waals surface area contributed by atoms with Crippen LogP contribution in [0.4, 0.5) is 0 Å². The number of sulfonamides is 1. The van der Waals surface area contributed by atoms with Crippen molar-refractivity contribution in [2.45, 2.75) is 19.4 Å². The smallest absolute Gasteiger partial charge is 0.214 e. The Hall–Kier alpha value is -0.620. The van der Waals surface area contributed by atoms with Gasteiger partial charge in [0.1, 0.15) is 0 Å². The number of nitrogens with two attached hydrogens (primary N) is 1. The van der Waals surface area contributed by atoms with Crippen molar-refractivity contribution in [1.82, 2.24) is 4.31 Å². The minimum absolute atomic E-state index is 0.0813.